The van der Waals surface area contributed by atoms with Crippen LogP contribution in [0, 0.1) is 0 Å². The van der Waals surface area contributed by atoms with Crippen molar-refractivity contribution in [3.05, 3.63) is 60.6 Å². The van der Waals surface area contributed by atoms with Crippen molar-refractivity contribution in [1.29, 1.82) is 0 Å². The molecule has 4 aromatic rings. The molecule has 1 aromatic carbocycles. The summed E-state index contributed by atoms with van der Waals surface area (Å²) in [5, 5.41) is 27.6. The smallest absolute Gasteiger partial charge is 0.251 e. The van der Waals surface area contributed by atoms with Crippen molar-refractivity contribution in [1.82, 2.24) is 30.1 Å². The lowest BCUT2D eigenvalue weighted by molar-refractivity contribution is 0.0895. The van der Waals surface area contributed by atoms with Crippen molar-refractivity contribution in [3.8, 4) is 10.6 Å². The molecule has 0 radical (unpaired) electrons. The predicted molar refractivity (Wildman–Crippen MR) is 112 cm³/mol. The van der Waals surface area contributed by atoms with Gasteiger partial charge in [0, 0.05) is 36.5 Å². The lowest BCUT2D eigenvalue weighted by atomic mass is 10.0. The number of anilines is 1. The van der Waals surface area contributed by atoms with E-state index < -0.39 is 6.10 Å². The second-order valence-electron chi connectivity index (χ2n) is 7.20. The summed E-state index contributed by atoms with van der Waals surface area (Å²) in [5.41, 5.74) is 2.12. The molecular formula is C20H19N7O2S. The first-order chi connectivity index (χ1) is 14.7. The van der Waals surface area contributed by atoms with Crippen LogP contribution in [0.25, 0.3) is 16.2 Å². The minimum Gasteiger partial charge on any atom is -0.391 e. The molecule has 10 heteroatoms. The van der Waals surface area contributed by atoms with Crippen LogP contribution in [0.3, 0.4) is 0 Å². The third kappa shape index (κ3) is 3.74. The van der Waals surface area contributed by atoms with E-state index in [0.717, 1.165) is 15.7 Å². The van der Waals surface area contributed by atoms with E-state index in [-0.39, 0.29) is 11.9 Å². The van der Waals surface area contributed by atoms with Gasteiger partial charge in [0.2, 0.25) is 5.13 Å². The second-order valence-corrected chi connectivity index (χ2v) is 8.15. The van der Waals surface area contributed by atoms with Gasteiger partial charge >= 0.3 is 0 Å². The Morgan fingerprint density at radius 2 is 2.03 bits per heavy atom. The third-order valence-corrected chi connectivity index (χ3v) is 6.05. The molecule has 1 fully saturated rings. The van der Waals surface area contributed by atoms with Crippen molar-refractivity contribution in [2.45, 2.75) is 18.6 Å². The Balaban J connectivity index is 1.30. The van der Waals surface area contributed by atoms with Crippen LogP contribution in [0.1, 0.15) is 16.8 Å². The maximum Gasteiger partial charge on any atom is 0.251 e. The maximum atomic E-state index is 12.7. The van der Waals surface area contributed by atoms with Gasteiger partial charge in [-0.25, -0.2) is 9.50 Å². The number of nitrogens with one attached hydrogen (secondary N) is 1. The topological polar surface area (TPSA) is 109 Å². The monoisotopic (exact) mass is 421 g/mol. The van der Waals surface area contributed by atoms with Gasteiger partial charge in [0.15, 0.2) is 5.65 Å². The highest BCUT2D eigenvalue weighted by Crippen LogP contribution is 2.30. The first-order valence-corrected chi connectivity index (χ1v) is 10.4. The standard InChI is InChI=1S/C20H19N7O2S/c28-16-9-15(23-18(29)14-6-7-27-17(8-14)21-12-22-27)10-26(11-16)20-25-24-19(30-20)13-4-2-1-3-5-13/h1-8,12,15-16,28H,9-11H2,(H,23,29)/t15-,16+/m0/s1. The summed E-state index contributed by atoms with van der Waals surface area (Å²) >= 11 is 1.48. The van der Waals surface area contributed by atoms with Gasteiger partial charge in [0.1, 0.15) is 11.3 Å². The van der Waals surface area contributed by atoms with E-state index in [0.29, 0.717) is 30.7 Å². The van der Waals surface area contributed by atoms with E-state index in [1.54, 1.807) is 22.8 Å². The predicted octanol–water partition coefficient (Wildman–Crippen LogP) is 1.62. The van der Waals surface area contributed by atoms with Crippen molar-refractivity contribution in [2.24, 2.45) is 0 Å². The summed E-state index contributed by atoms with van der Waals surface area (Å²) in [6, 6.07) is 13.0. The van der Waals surface area contributed by atoms with Gasteiger partial charge in [-0.05, 0) is 18.6 Å². The number of benzene rings is 1. The Kier molecular flexibility index (Phi) is 4.85. The van der Waals surface area contributed by atoms with Crippen LogP contribution in [0.15, 0.2) is 55.0 Å². The molecule has 1 aliphatic rings. The highest BCUT2D eigenvalue weighted by molar-refractivity contribution is 7.18. The third-order valence-electron chi connectivity index (χ3n) is 5.01. The maximum absolute atomic E-state index is 12.7. The number of piperidine rings is 1. The van der Waals surface area contributed by atoms with Crippen molar-refractivity contribution in [2.75, 3.05) is 18.0 Å². The van der Waals surface area contributed by atoms with E-state index >= 15 is 0 Å². The van der Waals surface area contributed by atoms with Gasteiger partial charge in [0.25, 0.3) is 5.91 Å². The Morgan fingerprint density at radius 1 is 1.17 bits per heavy atom. The number of aliphatic hydroxyl groups is 1. The number of fused-ring (bicyclic) bond motifs is 1. The molecule has 0 saturated carbocycles. The fourth-order valence-corrected chi connectivity index (χ4v) is 4.47. The fourth-order valence-electron chi connectivity index (χ4n) is 3.60. The molecule has 0 aliphatic carbocycles. The number of pyridine rings is 1. The number of rotatable bonds is 4. The average molecular weight is 421 g/mol. The minimum absolute atomic E-state index is 0.207. The SMILES string of the molecule is O=C(N[C@H]1C[C@@H](O)CN(c2nnc(-c3ccccc3)s2)C1)c1ccn2ncnc2c1. The molecule has 1 amide bonds. The summed E-state index contributed by atoms with van der Waals surface area (Å²) in [4.78, 5) is 18.8. The number of aliphatic hydroxyl groups excluding tert-OH is 1. The molecule has 4 heterocycles. The summed E-state index contributed by atoms with van der Waals surface area (Å²) in [6.45, 7) is 1.01. The van der Waals surface area contributed by atoms with Crippen molar-refractivity contribution in [3.63, 3.8) is 0 Å². The van der Waals surface area contributed by atoms with Crippen LogP contribution in [0.4, 0.5) is 5.13 Å². The van der Waals surface area contributed by atoms with E-state index in [1.807, 2.05) is 35.2 Å². The lowest BCUT2D eigenvalue weighted by Gasteiger charge is -2.35. The number of hydrogen-bond donors (Lipinski definition) is 2. The van der Waals surface area contributed by atoms with Gasteiger partial charge < -0.3 is 15.3 Å². The molecule has 5 rings (SSSR count). The summed E-state index contributed by atoms with van der Waals surface area (Å²) in [6.07, 6.45) is 3.07. The van der Waals surface area contributed by atoms with Crippen LogP contribution in [0.2, 0.25) is 0 Å². The van der Waals surface area contributed by atoms with Gasteiger partial charge in [-0.1, -0.05) is 41.7 Å². The first-order valence-electron chi connectivity index (χ1n) is 9.58. The number of amides is 1. The van der Waals surface area contributed by atoms with Gasteiger partial charge in [-0.3, -0.25) is 4.79 Å². The molecule has 0 unspecified atom stereocenters. The molecule has 2 atom stereocenters. The average Bonchev–Trinajstić information content (AvgIpc) is 3.43. The van der Waals surface area contributed by atoms with Crippen LogP contribution in [-0.2, 0) is 0 Å². The zero-order valence-electron chi connectivity index (χ0n) is 15.9. The molecule has 1 aliphatic heterocycles. The zero-order valence-corrected chi connectivity index (χ0v) is 16.7. The van der Waals surface area contributed by atoms with E-state index in [4.69, 9.17) is 0 Å². The Bertz CT molecular complexity index is 1180. The van der Waals surface area contributed by atoms with E-state index in [1.165, 1.54) is 17.7 Å². The Morgan fingerprint density at radius 3 is 2.90 bits per heavy atom. The Hall–Kier alpha value is -3.37. The van der Waals surface area contributed by atoms with Gasteiger partial charge in [0.05, 0.1) is 6.10 Å². The molecule has 0 bridgehead atoms. The molecule has 3 aromatic heterocycles. The number of aromatic nitrogens is 5. The summed E-state index contributed by atoms with van der Waals surface area (Å²) in [5.74, 6) is -0.207. The van der Waals surface area contributed by atoms with Crippen molar-refractivity contribution < 1.29 is 9.90 Å². The first kappa shape index (κ1) is 18.6. The number of hydrogen-bond acceptors (Lipinski definition) is 8. The lowest BCUT2D eigenvalue weighted by Crippen LogP contribution is -2.52. The van der Waals surface area contributed by atoms with Crippen LogP contribution < -0.4 is 10.2 Å². The van der Waals surface area contributed by atoms with Gasteiger partial charge in [-0.15, -0.1) is 10.2 Å². The summed E-state index contributed by atoms with van der Waals surface area (Å²) < 4.78 is 1.60. The van der Waals surface area contributed by atoms with Crippen LogP contribution in [-0.4, -0.2) is 61.0 Å². The Labute approximate surface area is 176 Å². The highest BCUT2D eigenvalue weighted by Gasteiger charge is 2.29. The molecule has 2 N–H and O–H groups in total. The molecule has 0 spiro atoms. The number of carbonyl (C=O) groups excluding carboxylic acids is 1. The van der Waals surface area contributed by atoms with E-state index in [2.05, 4.69) is 25.6 Å². The number of nitrogens with zero attached hydrogens (tertiary/aromatic N) is 6. The molecule has 9 nitrogen and oxygen atoms in total. The zero-order chi connectivity index (χ0) is 20.5. The fraction of sp³-hybridized carbons (Fsp3) is 0.250. The normalized spacial score (nSPS) is 19.2. The summed E-state index contributed by atoms with van der Waals surface area (Å²) in [7, 11) is 0. The van der Waals surface area contributed by atoms with Crippen molar-refractivity contribution >= 4 is 28.0 Å². The van der Waals surface area contributed by atoms with Gasteiger partial charge in [-0.2, -0.15) is 5.10 Å². The minimum atomic E-state index is -0.563. The number of carbonyl (C=O) groups is 1. The molecule has 30 heavy (non-hydrogen) atoms. The molecule has 152 valence electrons. The quantitative estimate of drug-likeness (QED) is 0.515. The molecular weight excluding hydrogens is 402 g/mol. The largest absolute Gasteiger partial charge is 0.391 e. The molecule has 1 saturated heterocycles. The number of β-amino-alcohol motifs (C(OH)–C–C–N with tert-alkyl or cyclic N) is 1. The highest BCUT2D eigenvalue weighted by atomic mass is 32.1. The second kappa shape index (κ2) is 7.81. The van der Waals surface area contributed by atoms with E-state index in [9.17, 15) is 9.90 Å². The van der Waals surface area contributed by atoms with Crippen LogP contribution in [0.5, 0.6) is 0 Å². The van der Waals surface area contributed by atoms with Crippen LogP contribution >= 0.6 is 11.3 Å².